The molecule has 1 saturated heterocycles. The fourth-order valence-corrected chi connectivity index (χ4v) is 7.20. The molecule has 0 spiro atoms. The lowest BCUT2D eigenvalue weighted by molar-refractivity contribution is 0.0410. The van der Waals surface area contributed by atoms with Crippen LogP contribution < -0.4 is 0 Å². The first-order valence-corrected chi connectivity index (χ1v) is 13.8. The second kappa shape index (κ2) is 8.90. The van der Waals surface area contributed by atoms with Gasteiger partial charge in [0.15, 0.2) is 5.16 Å². The molecule has 1 aliphatic carbocycles. The molecule has 0 amide bonds. The van der Waals surface area contributed by atoms with E-state index >= 15 is 0 Å². The molecule has 0 unspecified atom stereocenters. The minimum atomic E-state index is 0.460. The Morgan fingerprint density at radius 1 is 1.10 bits per heavy atom. The van der Waals surface area contributed by atoms with Crippen LogP contribution in [0.3, 0.4) is 0 Å². The highest BCUT2D eigenvalue weighted by Gasteiger charge is 2.26. The summed E-state index contributed by atoms with van der Waals surface area (Å²) < 4.78 is 6.69. The Bertz CT molecular complexity index is 1080. The van der Waals surface area contributed by atoms with Crippen LogP contribution in [-0.4, -0.2) is 64.7 Å². The maximum absolute atomic E-state index is 5.47. The van der Waals surface area contributed by atoms with Crippen molar-refractivity contribution in [1.82, 2.24) is 19.9 Å². The molecule has 5 rings (SSSR count). The van der Waals surface area contributed by atoms with Crippen LogP contribution in [0.4, 0.5) is 0 Å². The number of nitrogens with zero attached hydrogens (tertiary/aromatic N) is 4. The van der Waals surface area contributed by atoms with Crippen molar-refractivity contribution in [2.24, 2.45) is 0 Å². The van der Waals surface area contributed by atoms with E-state index in [9.17, 15) is 0 Å². The first-order chi connectivity index (χ1) is 14.7. The largest absolute Gasteiger partial charge is 0.379 e. The van der Waals surface area contributed by atoms with E-state index in [1.165, 1.54) is 33.3 Å². The number of aryl methyl sites for hydroxylation is 1. The van der Waals surface area contributed by atoms with Gasteiger partial charge in [-0.05, 0) is 42.6 Å². The van der Waals surface area contributed by atoms with Crippen LogP contribution in [0.15, 0.2) is 10.2 Å². The Kier molecular flexibility index (Phi) is 6.21. The molecule has 3 aromatic rings. The number of fused-ring (bicyclic) bond motifs is 5. The maximum atomic E-state index is 5.47. The lowest BCUT2D eigenvalue weighted by atomic mass is 9.99. The summed E-state index contributed by atoms with van der Waals surface area (Å²) in [7, 11) is 0. The lowest BCUT2D eigenvalue weighted by Crippen LogP contribution is -2.37. The predicted octanol–water partition coefficient (Wildman–Crippen LogP) is 5.00. The van der Waals surface area contributed by atoms with Gasteiger partial charge >= 0.3 is 0 Å². The molecule has 8 heteroatoms. The predicted molar refractivity (Wildman–Crippen MR) is 129 cm³/mol. The van der Waals surface area contributed by atoms with E-state index in [2.05, 4.69) is 25.0 Å². The standard InChI is InChI=1S/C22H28N4OS3/c1-13(2)17-15-6-4-5-14(15)16-18-19(30-20(16)23-17)21(25-22(24-18)28-3)29-12-9-26-7-10-27-11-8-26/h13H,4-12H2,1-3H3. The fraction of sp³-hybridized carbons (Fsp3) is 0.591. The first-order valence-electron chi connectivity index (χ1n) is 10.8. The molecule has 0 atom stereocenters. The number of hydrogen-bond donors (Lipinski definition) is 0. The fourth-order valence-electron chi connectivity index (χ4n) is 4.51. The monoisotopic (exact) mass is 460 g/mol. The van der Waals surface area contributed by atoms with Crippen LogP contribution in [-0.2, 0) is 17.6 Å². The number of rotatable bonds is 6. The van der Waals surface area contributed by atoms with Crippen molar-refractivity contribution >= 4 is 55.3 Å². The summed E-state index contributed by atoms with van der Waals surface area (Å²) in [6, 6.07) is 0. The van der Waals surface area contributed by atoms with Crippen molar-refractivity contribution in [1.29, 1.82) is 0 Å². The zero-order valence-corrected chi connectivity index (χ0v) is 20.3. The molecule has 160 valence electrons. The van der Waals surface area contributed by atoms with Gasteiger partial charge in [-0.15, -0.1) is 23.1 Å². The van der Waals surface area contributed by atoms with Crippen LogP contribution >= 0.6 is 34.9 Å². The van der Waals surface area contributed by atoms with Crippen molar-refractivity contribution in [3.05, 3.63) is 16.8 Å². The third-order valence-electron chi connectivity index (χ3n) is 5.99. The molecule has 1 fully saturated rings. The minimum Gasteiger partial charge on any atom is -0.379 e. The van der Waals surface area contributed by atoms with E-state index in [0.29, 0.717) is 5.92 Å². The summed E-state index contributed by atoms with van der Waals surface area (Å²) in [4.78, 5) is 18.7. The Morgan fingerprint density at radius 3 is 2.67 bits per heavy atom. The Hall–Kier alpha value is -0.930. The molecule has 2 aliphatic rings. The number of morpholine rings is 1. The van der Waals surface area contributed by atoms with E-state index in [-0.39, 0.29) is 0 Å². The molecule has 0 N–H and O–H groups in total. The van der Waals surface area contributed by atoms with Crippen molar-refractivity contribution in [2.75, 3.05) is 44.9 Å². The van der Waals surface area contributed by atoms with Gasteiger partial charge in [0.2, 0.25) is 0 Å². The van der Waals surface area contributed by atoms with Gasteiger partial charge in [-0.3, -0.25) is 4.90 Å². The normalized spacial score (nSPS) is 17.5. The van der Waals surface area contributed by atoms with Crippen LogP contribution in [0.2, 0.25) is 0 Å². The van der Waals surface area contributed by atoms with Gasteiger partial charge in [0, 0.05) is 36.5 Å². The second-order valence-corrected chi connectivity index (χ2v) is 11.1. The number of ether oxygens (including phenoxy) is 1. The number of thiophene rings is 1. The maximum Gasteiger partial charge on any atom is 0.189 e. The average molecular weight is 461 g/mol. The van der Waals surface area contributed by atoms with Crippen LogP contribution in [0, 0.1) is 0 Å². The average Bonchev–Trinajstić information content (AvgIpc) is 3.38. The van der Waals surface area contributed by atoms with E-state index in [1.807, 2.05) is 11.8 Å². The van der Waals surface area contributed by atoms with Crippen LogP contribution in [0.5, 0.6) is 0 Å². The number of aromatic nitrogens is 3. The van der Waals surface area contributed by atoms with Crippen molar-refractivity contribution in [2.45, 2.75) is 49.2 Å². The zero-order chi connectivity index (χ0) is 20.7. The van der Waals surface area contributed by atoms with Crippen LogP contribution in [0.25, 0.3) is 20.4 Å². The van der Waals surface area contributed by atoms with Gasteiger partial charge in [-0.1, -0.05) is 25.6 Å². The summed E-state index contributed by atoms with van der Waals surface area (Å²) >= 11 is 5.29. The highest BCUT2D eigenvalue weighted by Crippen LogP contribution is 2.43. The van der Waals surface area contributed by atoms with Gasteiger partial charge in [-0.2, -0.15) is 0 Å². The molecule has 4 heterocycles. The molecule has 3 aromatic heterocycles. The molecular weight excluding hydrogens is 432 g/mol. The molecule has 0 saturated carbocycles. The summed E-state index contributed by atoms with van der Waals surface area (Å²) in [6.07, 6.45) is 5.61. The Morgan fingerprint density at radius 2 is 1.90 bits per heavy atom. The molecule has 0 aromatic carbocycles. The third kappa shape index (κ3) is 3.86. The molecule has 1 aliphatic heterocycles. The molecule has 0 radical (unpaired) electrons. The van der Waals surface area contributed by atoms with E-state index in [4.69, 9.17) is 19.7 Å². The van der Waals surface area contributed by atoms with E-state index in [1.54, 1.807) is 23.1 Å². The summed E-state index contributed by atoms with van der Waals surface area (Å²) in [5, 5.41) is 3.30. The zero-order valence-electron chi connectivity index (χ0n) is 17.9. The highest BCUT2D eigenvalue weighted by molar-refractivity contribution is 7.99. The van der Waals surface area contributed by atoms with E-state index in [0.717, 1.165) is 72.0 Å². The topological polar surface area (TPSA) is 51.1 Å². The van der Waals surface area contributed by atoms with Gasteiger partial charge in [0.25, 0.3) is 0 Å². The molecule has 0 bridgehead atoms. The van der Waals surface area contributed by atoms with Gasteiger partial charge in [-0.25, -0.2) is 15.0 Å². The van der Waals surface area contributed by atoms with Crippen LogP contribution in [0.1, 0.15) is 43.0 Å². The van der Waals surface area contributed by atoms with Crippen molar-refractivity contribution in [3.63, 3.8) is 0 Å². The number of pyridine rings is 1. The first kappa shape index (κ1) is 20.9. The summed E-state index contributed by atoms with van der Waals surface area (Å²) in [6.45, 7) is 9.37. The Labute approximate surface area is 190 Å². The SMILES string of the molecule is CSc1nc(SCCN2CCOCC2)c2sc3nc(C(C)C)c4c(c3c2n1)CCC4. The minimum absolute atomic E-state index is 0.460. The quantitative estimate of drug-likeness (QED) is 0.291. The highest BCUT2D eigenvalue weighted by atomic mass is 32.2. The summed E-state index contributed by atoms with van der Waals surface area (Å²) in [5.74, 6) is 1.50. The molecule has 30 heavy (non-hydrogen) atoms. The van der Waals surface area contributed by atoms with Gasteiger partial charge in [0.1, 0.15) is 9.86 Å². The number of thioether (sulfide) groups is 2. The number of hydrogen-bond acceptors (Lipinski definition) is 8. The lowest BCUT2D eigenvalue weighted by Gasteiger charge is -2.26. The molecular formula is C22H28N4OS3. The van der Waals surface area contributed by atoms with Gasteiger partial charge < -0.3 is 4.74 Å². The Balaban J connectivity index is 1.55. The molecule has 5 nitrogen and oxygen atoms in total. The summed E-state index contributed by atoms with van der Waals surface area (Å²) in [5.41, 5.74) is 5.42. The van der Waals surface area contributed by atoms with E-state index < -0.39 is 0 Å². The van der Waals surface area contributed by atoms with Crippen molar-refractivity contribution in [3.8, 4) is 0 Å². The third-order valence-corrected chi connectivity index (χ3v) is 8.71. The van der Waals surface area contributed by atoms with Crippen molar-refractivity contribution < 1.29 is 4.74 Å². The second-order valence-electron chi connectivity index (χ2n) is 8.24. The van der Waals surface area contributed by atoms with Gasteiger partial charge in [0.05, 0.1) is 23.4 Å². The smallest absolute Gasteiger partial charge is 0.189 e.